The highest BCUT2D eigenvalue weighted by molar-refractivity contribution is 7.98. The number of carbonyl (C=O) groups is 1. The summed E-state index contributed by atoms with van der Waals surface area (Å²) >= 11 is 1.53. The van der Waals surface area contributed by atoms with E-state index in [9.17, 15) is 9.59 Å². The second-order valence-corrected chi connectivity index (χ2v) is 8.80. The molecule has 172 valence electrons. The molecule has 2 aromatic carbocycles. The highest BCUT2D eigenvalue weighted by Gasteiger charge is 2.18. The zero-order valence-corrected chi connectivity index (χ0v) is 19.8. The number of thioether (sulfide) groups is 1. The Morgan fingerprint density at radius 3 is 2.79 bits per heavy atom. The summed E-state index contributed by atoms with van der Waals surface area (Å²) in [5, 5.41) is 12.9. The van der Waals surface area contributed by atoms with Crippen LogP contribution in [0.25, 0.3) is 16.7 Å². The number of aromatic nitrogens is 4. The molecule has 0 aliphatic carbocycles. The van der Waals surface area contributed by atoms with Gasteiger partial charge in [0.05, 0.1) is 18.0 Å². The van der Waals surface area contributed by atoms with Crippen molar-refractivity contribution in [3.8, 4) is 5.75 Å². The molecular weight excluding hydrogens is 438 g/mol. The lowest BCUT2D eigenvalue weighted by Gasteiger charge is -2.13. The Morgan fingerprint density at radius 1 is 1.18 bits per heavy atom. The average molecular weight is 466 g/mol. The van der Waals surface area contributed by atoms with E-state index in [1.54, 1.807) is 17.7 Å². The van der Waals surface area contributed by atoms with Gasteiger partial charge in [-0.2, -0.15) is 0 Å². The zero-order valence-electron chi connectivity index (χ0n) is 18.9. The Morgan fingerprint density at radius 2 is 2.00 bits per heavy atom. The summed E-state index contributed by atoms with van der Waals surface area (Å²) in [5.74, 6) is 1.81. The number of aryl methyl sites for hydroxylation is 1. The molecule has 2 heterocycles. The van der Waals surface area contributed by atoms with Crippen LogP contribution in [0.4, 0.5) is 0 Å². The molecule has 4 aromatic rings. The first-order valence-corrected chi connectivity index (χ1v) is 11.9. The maximum atomic E-state index is 13.2. The molecule has 33 heavy (non-hydrogen) atoms. The van der Waals surface area contributed by atoms with Crippen LogP contribution in [-0.4, -0.2) is 38.2 Å². The predicted octanol–water partition coefficient (Wildman–Crippen LogP) is 3.65. The van der Waals surface area contributed by atoms with E-state index < -0.39 is 0 Å². The standard InChI is InChI=1S/C24H27N5O3S/c1-4-16(2)25-21(30)12-13-28-22(31)19-10-5-6-11-20(19)29-23(28)26-27-24(29)33-15-17-8-7-9-18(14-17)32-3/h5-11,14,16H,4,12-13,15H2,1-3H3,(H,25,30)/t16-/m0/s1. The Hall–Kier alpha value is -3.33. The van der Waals surface area contributed by atoms with Crippen LogP contribution in [0, 0.1) is 0 Å². The first-order valence-electron chi connectivity index (χ1n) is 10.9. The fourth-order valence-corrected chi connectivity index (χ4v) is 4.48. The first kappa shape index (κ1) is 22.8. The SMILES string of the molecule is CC[C@H](C)NC(=O)CCn1c(=O)c2ccccc2n2c(SCc3cccc(OC)c3)nnc12. The summed E-state index contributed by atoms with van der Waals surface area (Å²) in [4.78, 5) is 25.6. The number of nitrogens with zero attached hydrogens (tertiary/aromatic N) is 4. The van der Waals surface area contributed by atoms with Gasteiger partial charge >= 0.3 is 0 Å². The molecule has 0 saturated carbocycles. The van der Waals surface area contributed by atoms with Crippen LogP contribution >= 0.6 is 11.8 Å². The van der Waals surface area contributed by atoms with Gasteiger partial charge in [0.1, 0.15) is 5.75 Å². The molecule has 0 radical (unpaired) electrons. The number of methoxy groups -OCH3 is 1. The summed E-state index contributed by atoms with van der Waals surface area (Å²) in [6, 6.07) is 15.4. The lowest BCUT2D eigenvalue weighted by molar-refractivity contribution is -0.121. The van der Waals surface area contributed by atoms with Crippen LogP contribution in [0.15, 0.2) is 58.5 Å². The number of nitrogens with one attached hydrogen (secondary N) is 1. The number of carbonyl (C=O) groups excluding carboxylic acids is 1. The minimum atomic E-state index is -0.175. The van der Waals surface area contributed by atoms with Crippen molar-refractivity contribution in [3.05, 3.63) is 64.4 Å². The fraction of sp³-hybridized carbons (Fsp3) is 0.333. The molecule has 0 unspecified atom stereocenters. The molecular formula is C24H27N5O3S. The molecule has 0 aliphatic heterocycles. The van der Waals surface area contributed by atoms with E-state index in [0.29, 0.717) is 22.1 Å². The van der Waals surface area contributed by atoms with E-state index in [-0.39, 0.29) is 30.5 Å². The molecule has 2 aromatic heterocycles. The molecule has 0 aliphatic rings. The number of amides is 1. The molecule has 1 amide bonds. The number of hydrogen-bond acceptors (Lipinski definition) is 6. The van der Waals surface area contributed by atoms with Crippen molar-refractivity contribution in [1.82, 2.24) is 24.5 Å². The van der Waals surface area contributed by atoms with Gasteiger partial charge in [-0.05, 0) is 43.2 Å². The van der Waals surface area contributed by atoms with E-state index in [2.05, 4.69) is 15.5 Å². The quantitative estimate of drug-likeness (QED) is 0.380. The van der Waals surface area contributed by atoms with Gasteiger partial charge in [0.2, 0.25) is 11.7 Å². The van der Waals surface area contributed by atoms with Crippen molar-refractivity contribution in [2.45, 2.75) is 50.2 Å². The van der Waals surface area contributed by atoms with E-state index in [1.807, 2.05) is 60.7 Å². The predicted molar refractivity (Wildman–Crippen MR) is 130 cm³/mol. The van der Waals surface area contributed by atoms with Gasteiger partial charge in [0, 0.05) is 24.8 Å². The van der Waals surface area contributed by atoms with E-state index in [0.717, 1.165) is 23.3 Å². The third-order valence-corrected chi connectivity index (χ3v) is 6.56. The summed E-state index contributed by atoms with van der Waals surface area (Å²) < 4.78 is 8.75. The Kier molecular flexibility index (Phi) is 6.98. The van der Waals surface area contributed by atoms with Crippen LogP contribution in [-0.2, 0) is 17.1 Å². The van der Waals surface area contributed by atoms with Gasteiger partial charge in [-0.25, -0.2) is 0 Å². The molecule has 0 fully saturated rings. The Bertz CT molecular complexity index is 1350. The zero-order chi connectivity index (χ0) is 23.4. The minimum absolute atomic E-state index is 0.0882. The van der Waals surface area contributed by atoms with Crippen LogP contribution in [0.3, 0.4) is 0 Å². The topological polar surface area (TPSA) is 90.5 Å². The van der Waals surface area contributed by atoms with Gasteiger partial charge in [0.25, 0.3) is 5.56 Å². The van der Waals surface area contributed by atoms with Crippen molar-refractivity contribution in [3.63, 3.8) is 0 Å². The summed E-state index contributed by atoms with van der Waals surface area (Å²) in [6.45, 7) is 4.21. The third kappa shape index (κ3) is 4.88. The van der Waals surface area contributed by atoms with Crippen LogP contribution in [0.1, 0.15) is 32.3 Å². The van der Waals surface area contributed by atoms with Crippen LogP contribution in [0.2, 0.25) is 0 Å². The van der Waals surface area contributed by atoms with Crippen molar-refractivity contribution < 1.29 is 9.53 Å². The first-order chi connectivity index (χ1) is 16.0. The van der Waals surface area contributed by atoms with Crippen molar-refractivity contribution in [2.75, 3.05) is 7.11 Å². The summed E-state index contributed by atoms with van der Waals surface area (Å²) in [5.41, 5.74) is 1.66. The van der Waals surface area contributed by atoms with Crippen molar-refractivity contribution in [1.29, 1.82) is 0 Å². The monoisotopic (exact) mass is 465 g/mol. The lowest BCUT2D eigenvalue weighted by Crippen LogP contribution is -2.33. The van der Waals surface area contributed by atoms with E-state index >= 15 is 0 Å². The molecule has 4 rings (SSSR count). The third-order valence-electron chi connectivity index (χ3n) is 5.56. The Balaban J connectivity index is 1.69. The number of rotatable bonds is 9. The summed E-state index contributed by atoms with van der Waals surface area (Å²) in [7, 11) is 1.65. The molecule has 9 heteroatoms. The molecule has 1 N–H and O–H groups in total. The van der Waals surface area contributed by atoms with Gasteiger partial charge in [-0.3, -0.25) is 18.6 Å². The number of fused-ring (bicyclic) bond motifs is 3. The highest BCUT2D eigenvalue weighted by Crippen LogP contribution is 2.26. The number of ether oxygens (including phenoxy) is 1. The van der Waals surface area contributed by atoms with Crippen LogP contribution in [0.5, 0.6) is 5.75 Å². The van der Waals surface area contributed by atoms with Crippen LogP contribution < -0.4 is 15.6 Å². The molecule has 0 spiro atoms. The smallest absolute Gasteiger partial charge is 0.262 e. The van der Waals surface area contributed by atoms with Gasteiger partial charge < -0.3 is 10.1 Å². The van der Waals surface area contributed by atoms with Gasteiger partial charge in [-0.1, -0.05) is 43.0 Å². The van der Waals surface area contributed by atoms with Crippen molar-refractivity contribution >= 4 is 34.3 Å². The lowest BCUT2D eigenvalue weighted by atomic mass is 10.2. The minimum Gasteiger partial charge on any atom is -0.497 e. The normalized spacial score (nSPS) is 12.2. The number of hydrogen-bond donors (Lipinski definition) is 1. The Labute approximate surface area is 196 Å². The summed E-state index contributed by atoms with van der Waals surface area (Å²) in [6.07, 6.45) is 1.04. The van der Waals surface area contributed by atoms with Gasteiger partial charge in [0.15, 0.2) is 5.16 Å². The molecule has 1 atom stereocenters. The molecule has 0 bridgehead atoms. The highest BCUT2D eigenvalue weighted by atomic mass is 32.2. The van der Waals surface area contributed by atoms with E-state index in [4.69, 9.17) is 4.74 Å². The van der Waals surface area contributed by atoms with Crippen molar-refractivity contribution in [2.24, 2.45) is 0 Å². The number of benzene rings is 2. The fourth-order valence-electron chi connectivity index (χ4n) is 3.60. The average Bonchev–Trinajstić information content (AvgIpc) is 3.26. The second kappa shape index (κ2) is 10.1. The maximum absolute atomic E-state index is 13.2. The van der Waals surface area contributed by atoms with E-state index in [1.165, 1.54) is 11.8 Å². The maximum Gasteiger partial charge on any atom is 0.262 e. The molecule has 0 saturated heterocycles. The number of para-hydroxylation sites is 1. The second-order valence-electron chi connectivity index (χ2n) is 7.86. The van der Waals surface area contributed by atoms with Gasteiger partial charge in [-0.15, -0.1) is 10.2 Å². The largest absolute Gasteiger partial charge is 0.497 e. The molecule has 8 nitrogen and oxygen atoms in total.